The molecular weight excluding hydrogens is 462 g/mol. The highest BCUT2D eigenvalue weighted by atomic mass is 32.2. The van der Waals surface area contributed by atoms with Gasteiger partial charge in [-0.2, -0.15) is 4.31 Å². The first kappa shape index (κ1) is 24.0. The Morgan fingerprint density at radius 1 is 1.21 bits per heavy atom. The van der Waals surface area contributed by atoms with E-state index >= 15 is 0 Å². The van der Waals surface area contributed by atoms with Crippen LogP contribution in [0.2, 0.25) is 0 Å². The number of fused-ring (bicyclic) bond motifs is 1. The molecular formula is C23H29N3O5S2. The zero-order valence-corrected chi connectivity index (χ0v) is 20.4. The summed E-state index contributed by atoms with van der Waals surface area (Å²) in [5, 5.41) is 11.1. The molecule has 1 N–H and O–H groups in total. The fourth-order valence-corrected chi connectivity index (χ4v) is 6.13. The van der Waals surface area contributed by atoms with Crippen LogP contribution < -0.4 is 4.74 Å². The number of thioether (sulfide) groups is 1. The summed E-state index contributed by atoms with van der Waals surface area (Å²) in [6.07, 6.45) is -0.669. The number of sulfonamides is 1. The van der Waals surface area contributed by atoms with Crippen molar-refractivity contribution in [3.63, 3.8) is 0 Å². The maximum Gasteiger partial charge on any atom is 0.243 e. The number of nitrogens with zero attached hydrogens (tertiary/aromatic N) is 3. The molecule has 10 heteroatoms. The number of rotatable bonds is 9. The summed E-state index contributed by atoms with van der Waals surface area (Å²) in [6, 6.07) is 12.8. The molecule has 0 radical (unpaired) electrons. The van der Waals surface area contributed by atoms with Crippen molar-refractivity contribution in [3.05, 3.63) is 48.0 Å². The first-order chi connectivity index (χ1) is 15.9. The van der Waals surface area contributed by atoms with Gasteiger partial charge in [0.1, 0.15) is 12.4 Å². The molecule has 0 aliphatic carbocycles. The fourth-order valence-electron chi connectivity index (χ4n) is 3.72. The third-order valence-electron chi connectivity index (χ3n) is 5.45. The number of aromatic nitrogens is 2. The van der Waals surface area contributed by atoms with Gasteiger partial charge in [-0.15, -0.1) is 0 Å². The Balaban J connectivity index is 1.46. The van der Waals surface area contributed by atoms with Crippen molar-refractivity contribution in [1.82, 2.24) is 13.9 Å². The molecule has 0 amide bonds. The number of aliphatic hydroxyl groups is 1. The van der Waals surface area contributed by atoms with Crippen molar-refractivity contribution in [1.29, 1.82) is 0 Å². The normalized spacial score (nSPS) is 16.2. The van der Waals surface area contributed by atoms with Crippen molar-refractivity contribution in [3.8, 4) is 5.75 Å². The topological polar surface area (TPSA) is 93.9 Å². The van der Waals surface area contributed by atoms with Gasteiger partial charge in [0.05, 0.1) is 35.2 Å². The zero-order chi connectivity index (χ0) is 23.4. The number of aryl methyl sites for hydroxylation is 2. The lowest BCUT2D eigenvalue weighted by molar-refractivity contribution is 0.0730. The van der Waals surface area contributed by atoms with E-state index in [4.69, 9.17) is 9.47 Å². The number of aliphatic hydroxyl groups excluding tert-OH is 1. The maximum atomic E-state index is 13.0. The highest BCUT2D eigenvalue weighted by molar-refractivity contribution is 7.99. The third-order valence-corrected chi connectivity index (χ3v) is 8.46. The number of benzene rings is 2. The van der Waals surface area contributed by atoms with Gasteiger partial charge in [-0.25, -0.2) is 13.4 Å². The Bertz CT molecular complexity index is 1210. The minimum absolute atomic E-state index is 0.185. The van der Waals surface area contributed by atoms with Crippen LogP contribution in [0.1, 0.15) is 12.5 Å². The molecule has 8 nitrogen and oxygen atoms in total. The number of morpholine rings is 1. The maximum absolute atomic E-state index is 13.0. The Morgan fingerprint density at radius 3 is 2.73 bits per heavy atom. The van der Waals surface area contributed by atoms with Gasteiger partial charge in [-0.3, -0.25) is 0 Å². The van der Waals surface area contributed by atoms with Crippen LogP contribution >= 0.6 is 11.8 Å². The standard InChI is InChI=1S/C23H29N3O5S2/c1-3-26-22-8-7-20(33(28,29)25-9-11-30-12-10-25)14-21(22)24-23(26)32-16-18(27)15-31-19-6-4-5-17(2)13-19/h4-8,13-14,18,27H,3,9-12,15-16H2,1-2H3/t18-/m1/s1. The van der Waals surface area contributed by atoms with E-state index in [0.29, 0.717) is 44.1 Å². The molecule has 1 aliphatic rings. The minimum atomic E-state index is -3.59. The molecule has 2 aromatic carbocycles. The van der Waals surface area contributed by atoms with Gasteiger partial charge < -0.3 is 19.1 Å². The quantitative estimate of drug-likeness (QED) is 0.460. The molecule has 1 atom stereocenters. The Kier molecular flexibility index (Phi) is 7.60. The third kappa shape index (κ3) is 5.52. The number of hydrogen-bond donors (Lipinski definition) is 1. The van der Waals surface area contributed by atoms with Crippen molar-refractivity contribution in [2.45, 2.75) is 36.5 Å². The molecule has 33 heavy (non-hydrogen) atoms. The van der Waals surface area contributed by atoms with E-state index in [1.165, 1.54) is 16.1 Å². The van der Waals surface area contributed by atoms with E-state index in [-0.39, 0.29) is 11.5 Å². The lowest BCUT2D eigenvalue weighted by Crippen LogP contribution is -2.40. The SMILES string of the molecule is CCn1c(SC[C@H](O)COc2cccc(C)c2)nc2cc(S(=O)(=O)N3CCOCC3)ccc21. The van der Waals surface area contributed by atoms with Crippen LogP contribution in [-0.4, -0.2) is 72.1 Å². The van der Waals surface area contributed by atoms with Crippen LogP contribution in [0.5, 0.6) is 5.75 Å². The van der Waals surface area contributed by atoms with E-state index in [9.17, 15) is 13.5 Å². The van der Waals surface area contributed by atoms with Crippen LogP contribution in [0.3, 0.4) is 0 Å². The monoisotopic (exact) mass is 491 g/mol. The second-order valence-corrected chi connectivity index (χ2v) is 10.8. The summed E-state index contributed by atoms with van der Waals surface area (Å²) in [5.41, 5.74) is 2.59. The minimum Gasteiger partial charge on any atom is -0.491 e. The van der Waals surface area contributed by atoms with Gasteiger partial charge in [-0.05, 0) is 49.7 Å². The molecule has 1 fully saturated rings. The van der Waals surface area contributed by atoms with Gasteiger partial charge >= 0.3 is 0 Å². The largest absolute Gasteiger partial charge is 0.491 e. The predicted octanol–water partition coefficient (Wildman–Crippen LogP) is 2.92. The summed E-state index contributed by atoms with van der Waals surface area (Å²) in [5.74, 6) is 1.14. The lowest BCUT2D eigenvalue weighted by Gasteiger charge is -2.26. The second-order valence-electron chi connectivity index (χ2n) is 7.90. The molecule has 1 aliphatic heterocycles. The van der Waals surface area contributed by atoms with Gasteiger partial charge in [0, 0.05) is 25.4 Å². The molecule has 0 spiro atoms. The van der Waals surface area contributed by atoms with E-state index in [1.807, 2.05) is 42.7 Å². The van der Waals surface area contributed by atoms with Gasteiger partial charge in [-0.1, -0.05) is 23.9 Å². The van der Waals surface area contributed by atoms with Crippen LogP contribution in [0.25, 0.3) is 11.0 Å². The lowest BCUT2D eigenvalue weighted by atomic mass is 10.2. The van der Waals surface area contributed by atoms with Gasteiger partial charge in [0.25, 0.3) is 0 Å². The molecule has 2 heterocycles. The molecule has 1 saturated heterocycles. The fraction of sp³-hybridized carbons (Fsp3) is 0.435. The van der Waals surface area contributed by atoms with Gasteiger partial charge in [0.15, 0.2) is 5.16 Å². The van der Waals surface area contributed by atoms with Crippen LogP contribution in [0, 0.1) is 6.92 Å². The van der Waals surface area contributed by atoms with E-state index in [0.717, 1.165) is 22.0 Å². The Hall–Kier alpha value is -2.11. The predicted molar refractivity (Wildman–Crippen MR) is 128 cm³/mol. The number of hydrogen-bond acceptors (Lipinski definition) is 7. The average molecular weight is 492 g/mol. The first-order valence-electron chi connectivity index (χ1n) is 11.0. The molecule has 178 valence electrons. The van der Waals surface area contributed by atoms with E-state index < -0.39 is 16.1 Å². The van der Waals surface area contributed by atoms with Crippen LogP contribution in [-0.2, 0) is 21.3 Å². The van der Waals surface area contributed by atoms with E-state index in [1.54, 1.807) is 18.2 Å². The van der Waals surface area contributed by atoms with Gasteiger partial charge in [0.2, 0.25) is 10.0 Å². The zero-order valence-electron chi connectivity index (χ0n) is 18.8. The number of imidazole rings is 1. The summed E-state index contributed by atoms with van der Waals surface area (Å²) >= 11 is 1.43. The highest BCUT2D eigenvalue weighted by Gasteiger charge is 2.27. The first-order valence-corrected chi connectivity index (χ1v) is 13.4. The summed E-state index contributed by atoms with van der Waals surface area (Å²) in [6.45, 7) is 6.40. The van der Waals surface area contributed by atoms with Crippen molar-refractivity contribution in [2.24, 2.45) is 0 Å². The second kappa shape index (κ2) is 10.4. The molecule has 0 bridgehead atoms. The van der Waals surface area contributed by atoms with Crippen LogP contribution in [0.15, 0.2) is 52.5 Å². The molecule has 3 aromatic rings. The smallest absolute Gasteiger partial charge is 0.243 e. The van der Waals surface area contributed by atoms with Crippen molar-refractivity contribution >= 4 is 32.8 Å². The number of ether oxygens (including phenoxy) is 2. The highest BCUT2D eigenvalue weighted by Crippen LogP contribution is 2.28. The Morgan fingerprint density at radius 2 is 2.00 bits per heavy atom. The van der Waals surface area contributed by atoms with Crippen LogP contribution in [0.4, 0.5) is 0 Å². The summed E-state index contributed by atoms with van der Waals surface area (Å²) in [4.78, 5) is 4.91. The molecule has 0 unspecified atom stereocenters. The molecule has 4 rings (SSSR count). The summed E-state index contributed by atoms with van der Waals surface area (Å²) < 4.78 is 40.4. The van der Waals surface area contributed by atoms with Crippen molar-refractivity contribution < 1.29 is 23.0 Å². The summed E-state index contributed by atoms with van der Waals surface area (Å²) in [7, 11) is -3.59. The molecule has 1 aromatic heterocycles. The average Bonchev–Trinajstić information content (AvgIpc) is 3.18. The molecule has 0 saturated carbocycles. The van der Waals surface area contributed by atoms with Crippen molar-refractivity contribution in [2.75, 3.05) is 38.7 Å². The van der Waals surface area contributed by atoms with E-state index in [2.05, 4.69) is 4.98 Å². The Labute approximate surface area is 198 Å².